The summed E-state index contributed by atoms with van der Waals surface area (Å²) >= 11 is 0. The Bertz CT molecular complexity index is 919. The summed E-state index contributed by atoms with van der Waals surface area (Å²) < 4.78 is 13.0. The van der Waals surface area contributed by atoms with Crippen molar-refractivity contribution in [3.8, 4) is 11.3 Å². The van der Waals surface area contributed by atoms with Crippen LogP contribution in [0.4, 0.5) is 10.1 Å². The number of carbonyl (C=O) groups excluding carboxylic acids is 1. The van der Waals surface area contributed by atoms with Gasteiger partial charge in [-0.15, -0.1) is 0 Å². The Kier molecular flexibility index (Phi) is 4.64. The maximum atomic E-state index is 13.0. The number of H-pyrrole nitrogens is 1. The van der Waals surface area contributed by atoms with E-state index in [0.717, 1.165) is 11.3 Å². The van der Waals surface area contributed by atoms with Crippen molar-refractivity contribution in [2.45, 2.75) is 33.1 Å². The predicted molar refractivity (Wildman–Crippen MR) is 102 cm³/mol. The topological polar surface area (TPSA) is 57.8 Å². The smallest absolute Gasteiger partial charge is 0.255 e. The number of carbonyl (C=O) groups is 1. The first-order valence-electron chi connectivity index (χ1n) is 8.48. The van der Waals surface area contributed by atoms with Crippen molar-refractivity contribution in [2.24, 2.45) is 0 Å². The van der Waals surface area contributed by atoms with Gasteiger partial charge >= 0.3 is 0 Å². The first kappa shape index (κ1) is 17.9. The summed E-state index contributed by atoms with van der Waals surface area (Å²) in [7, 11) is 0. The van der Waals surface area contributed by atoms with Crippen molar-refractivity contribution in [3.63, 3.8) is 0 Å². The first-order valence-corrected chi connectivity index (χ1v) is 8.48. The van der Waals surface area contributed by atoms with Crippen LogP contribution in [0.5, 0.6) is 0 Å². The molecule has 4 nitrogen and oxygen atoms in total. The number of aromatic amines is 1. The van der Waals surface area contributed by atoms with Crippen molar-refractivity contribution in [1.82, 2.24) is 10.2 Å². The van der Waals surface area contributed by atoms with Crippen molar-refractivity contribution >= 4 is 11.6 Å². The minimum atomic E-state index is -0.374. The van der Waals surface area contributed by atoms with Gasteiger partial charge in [-0.05, 0) is 42.2 Å². The highest BCUT2D eigenvalue weighted by molar-refractivity contribution is 6.06. The van der Waals surface area contributed by atoms with E-state index in [0.29, 0.717) is 16.9 Å². The number of benzene rings is 2. The first-order chi connectivity index (χ1) is 12.3. The van der Waals surface area contributed by atoms with E-state index in [2.05, 4.69) is 48.4 Å². The van der Waals surface area contributed by atoms with Gasteiger partial charge in [-0.25, -0.2) is 4.39 Å². The minimum Gasteiger partial charge on any atom is -0.319 e. The van der Waals surface area contributed by atoms with Gasteiger partial charge < -0.3 is 5.32 Å². The third kappa shape index (κ3) is 3.67. The fourth-order valence-corrected chi connectivity index (χ4v) is 2.71. The maximum absolute atomic E-state index is 13.0. The lowest BCUT2D eigenvalue weighted by molar-refractivity contribution is 0.102. The number of rotatable bonds is 3. The van der Waals surface area contributed by atoms with E-state index >= 15 is 0 Å². The predicted octanol–water partition coefficient (Wildman–Crippen LogP) is 5.07. The van der Waals surface area contributed by atoms with E-state index in [1.807, 2.05) is 19.1 Å². The van der Waals surface area contributed by atoms with Crippen LogP contribution in [0.3, 0.4) is 0 Å². The molecule has 0 saturated heterocycles. The molecule has 0 saturated carbocycles. The Balaban J connectivity index is 1.89. The molecule has 0 aliphatic heterocycles. The molecule has 2 aromatic carbocycles. The fourth-order valence-electron chi connectivity index (χ4n) is 2.71. The SMILES string of the molecule is Cc1[nH]nc(-c2ccc(C(C)(C)C)cc2)c1NC(=O)c1ccc(F)cc1. The monoisotopic (exact) mass is 351 g/mol. The number of nitrogens with zero attached hydrogens (tertiary/aromatic N) is 1. The van der Waals surface area contributed by atoms with Crippen LogP contribution in [0.2, 0.25) is 0 Å². The normalized spacial score (nSPS) is 11.4. The molecular formula is C21H22FN3O. The molecule has 0 aliphatic carbocycles. The van der Waals surface area contributed by atoms with Crippen molar-refractivity contribution in [1.29, 1.82) is 0 Å². The average Bonchev–Trinajstić information content (AvgIpc) is 2.95. The zero-order valence-electron chi connectivity index (χ0n) is 15.4. The Hall–Kier alpha value is -2.95. The second-order valence-corrected chi connectivity index (χ2v) is 7.36. The molecule has 3 aromatic rings. The van der Waals surface area contributed by atoms with E-state index in [1.54, 1.807) is 0 Å². The molecule has 1 amide bonds. The molecule has 0 spiro atoms. The second kappa shape index (κ2) is 6.75. The van der Waals surface area contributed by atoms with Crippen LogP contribution in [0, 0.1) is 12.7 Å². The van der Waals surface area contributed by atoms with Crippen LogP contribution in [-0.2, 0) is 5.41 Å². The van der Waals surface area contributed by atoms with Crippen LogP contribution >= 0.6 is 0 Å². The third-order valence-corrected chi connectivity index (χ3v) is 4.32. The Morgan fingerprint density at radius 1 is 1.04 bits per heavy atom. The van der Waals surface area contributed by atoms with Gasteiger partial charge in [0.05, 0.1) is 11.4 Å². The summed E-state index contributed by atoms with van der Waals surface area (Å²) in [5.74, 6) is -0.678. The molecular weight excluding hydrogens is 329 g/mol. The van der Waals surface area contributed by atoms with Gasteiger partial charge in [0.1, 0.15) is 11.5 Å². The van der Waals surface area contributed by atoms with E-state index in [1.165, 1.54) is 29.8 Å². The number of hydrogen-bond acceptors (Lipinski definition) is 2. The van der Waals surface area contributed by atoms with Crippen LogP contribution in [0.15, 0.2) is 48.5 Å². The lowest BCUT2D eigenvalue weighted by Crippen LogP contribution is -2.13. The summed E-state index contributed by atoms with van der Waals surface area (Å²) in [5, 5.41) is 10.1. The van der Waals surface area contributed by atoms with Gasteiger partial charge in [-0.1, -0.05) is 45.0 Å². The lowest BCUT2D eigenvalue weighted by atomic mass is 9.86. The molecule has 0 bridgehead atoms. The standard InChI is InChI=1S/C21H22FN3O/c1-13-18(23-20(26)15-7-11-17(22)12-8-15)19(25-24-13)14-5-9-16(10-6-14)21(2,3)4/h5-12H,1-4H3,(H,23,26)(H,24,25). The Morgan fingerprint density at radius 3 is 2.23 bits per heavy atom. The fraction of sp³-hybridized carbons (Fsp3) is 0.238. The number of halogens is 1. The number of hydrogen-bond donors (Lipinski definition) is 2. The van der Waals surface area contributed by atoms with Crippen LogP contribution in [0.25, 0.3) is 11.3 Å². The molecule has 2 N–H and O–H groups in total. The van der Waals surface area contributed by atoms with Gasteiger partial charge in [0.15, 0.2) is 0 Å². The summed E-state index contributed by atoms with van der Waals surface area (Å²) in [6.07, 6.45) is 0. The van der Waals surface area contributed by atoms with Crippen LogP contribution < -0.4 is 5.32 Å². The van der Waals surface area contributed by atoms with E-state index in [9.17, 15) is 9.18 Å². The molecule has 26 heavy (non-hydrogen) atoms. The number of amides is 1. The molecule has 0 fully saturated rings. The average molecular weight is 351 g/mol. The highest BCUT2D eigenvalue weighted by Gasteiger charge is 2.18. The zero-order valence-corrected chi connectivity index (χ0v) is 15.4. The Morgan fingerprint density at radius 2 is 1.65 bits per heavy atom. The molecule has 3 rings (SSSR count). The molecule has 5 heteroatoms. The molecule has 1 aromatic heterocycles. The van der Waals surface area contributed by atoms with Gasteiger partial charge in [0, 0.05) is 11.1 Å². The molecule has 0 radical (unpaired) electrons. The third-order valence-electron chi connectivity index (χ3n) is 4.32. The number of anilines is 1. The highest BCUT2D eigenvalue weighted by Crippen LogP contribution is 2.31. The molecule has 134 valence electrons. The van der Waals surface area contributed by atoms with Gasteiger partial charge in [-0.2, -0.15) is 5.10 Å². The summed E-state index contributed by atoms with van der Waals surface area (Å²) in [5.41, 5.74) is 4.67. The Labute approximate surface area is 152 Å². The highest BCUT2D eigenvalue weighted by atomic mass is 19.1. The lowest BCUT2D eigenvalue weighted by Gasteiger charge is -2.19. The van der Waals surface area contributed by atoms with Gasteiger partial charge in [-0.3, -0.25) is 9.89 Å². The van der Waals surface area contributed by atoms with Crippen LogP contribution in [0.1, 0.15) is 42.4 Å². The quantitative estimate of drug-likeness (QED) is 0.692. The van der Waals surface area contributed by atoms with Crippen LogP contribution in [-0.4, -0.2) is 16.1 Å². The maximum Gasteiger partial charge on any atom is 0.255 e. The van der Waals surface area contributed by atoms with E-state index in [-0.39, 0.29) is 17.1 Å². The van der Waals surface area contributed by atoms with Crippen molar-refractivity contribution in [3.05, 3.63) is 71.2 Å². The second-order valence-electron chi connectivity index (χ2n) is 7.36. The summed E-state index contributed by atoms with van der Waals surface area (Å²) in [4.78, 5) is 12.5. The van der Waals surface area contributed by atoms with E-state index < -0.39 is 0 Å². The minimum absolute atomic E-state index is 0.0691. The molecule has 0 unspecified atom stereocenters. The van der Waals surface area contributed by atoms with Gasteiger partial charge in [0.25, 0.3) is 5.91 Å². The molecule has 0 aliphatic rings. The zero-order chi connectivity index (χ0) is 18.9. The number of aromatic nitrogens is 2. The number of aryl methyl sites for hydroxylation is 1. The number of nitrogens with one attached hydrogen (secondary N) is 2. The van der Waals surface area contributed by atoms with Crippen molar-refractivity contribution in [2.75, 3.05) is 5.32 Å². The largest absolute Gasteiger partial charge is 0.319 e. The van der Waals surface area contributed by atoms with E-state index in [4.69, 9.17) is 0 Å². The molecule has 1 heterocycles. The van der Waals surface area contributed by atoms with Gasteiger partial charge in [0.2, 0.25) is 0 Å². The summed E-state index contributed by atoms with van der Waals surface area (Å²) in [6, 6.07) is 13.6. The molecule has 0 atom stereocenters. The van der Waals surface area contributed by atoms with Crippen molar-refractivity contribution < 1.29 is 9.18 Å². The summed E-state index contributed by atoms with van der Waals surface area (Å²) in [6.45, 7) is 8.33.